The van der Waals surface area contributed by atoms with E-state index < -0.39 is 0 Å². The molecule has 0 bridgehead atoms. The molecule has 1 N–H and O–H groups in total. The number of hydrogen-bond donors (Lipinski definition) is 1. The molecule has 4 aromatic rings. The standard InChI is InChI=1S/C22H19FN4O2/c1-3-27-14(2)25-19-12-16(6-10-20(19)27)22(28)26-24-13-18-9-11-21(29-18)15-4-7-17(23)8-5-15/h4-13H,3H2,1-2H3,(H,26,28)/b24-13+. The number of fused-ring (bicyclic) bond motifs is 1. The van der Waals surface area contributed by atoms with Gasteiger partial charge in [0, 0.05) is 17.7 Å². The summed E-state index contributed by atoms with van der Waals surface area (Å²) in [4.78, 5) is 16.9. The number of imidazole rings is 1. The zero-order valence-electron chi connectivity index (χ0n) is 16.0. The van der Waals surface area contributed by atoms with Gasteiger partial charge in [0.2, 0.25) is 0 Å². The topological polar surface area (TPSA) is 72.4 Å². The first-order valence-electron chi connectivity index (χ1n) is 9.21. The first-order chi connectivity index (χ1) is 14.0. The summed E-state index contributed by atoms with van der Waals surface area (Å²) in [7, 11) is 0. The van der Waals surface area contributed by atoms with Crippen LogP contribution in [0.25, 0.3) is 22.4 Å². The number of hydrogen-bond acceptors (Lipinski definition) is 4. The van der Waals surface area contributed by atoms with Gasteiger partial charge in [-0.3, -0.25) is 4.79 Å². The molecule has 6 nitrogen and oxygen atoms in total. The summed E-state index contributed by atoms with van der Waals surface area (Å²) in [5.74, 6) is 1.33. The average Bonchev–Trinajstić information content (AvgIpc) is 3.31. The summed E-state index contributed by atoms with van der Waals surface area (Å²) in [5.41, 5.74) is 5.49. The molecular weight excluding hydrogens is 371 g/mol. The molecule has 2 aromatic carbocycles. The van der Waals surface area contributed by atoms with Gasteiger partial charge in [-0.15, -0.1) is 0 Å². The zero-order valence-corrected chi connectivity index (χ0v) is 16.0. The SMILES string of the molecule is CCn1c(C)nc2cc(C(=O)N/N=C/c3ccc(-c4ccc(F)cc4)o3)ccc21. The van der Waals surface area contributed by atoms with Gasteiger partial charge in [-0.2, -0.15) is 5.10 Å². The molecular formula is C22H19FN4O2. The highest BCUT2D eigenvalue weighted by atomic mass is 19.1. The van der Waals surface area contributed by atoms with Gasteiger partial charge < -0.3 is 8.98 Å². The first kappa shape index (κ1) is 18.6. The molecule has 7 heteroatoms. The Bertz CT molecular complexity index is 1210. The number of furan rings is 1. The molecule has 0 aliphatic rings. The fourth-order valence-electron chi connectivity index (χ4n) is 3.20. The smallest absolute Gasteiger partial charge is 0.271 e. The number of rotatable bonds is 5. The molecule has 0 spiro atoms. The van der Waals surface area contributed by atoms with E-state index in [1.54, 1.807) is 36.4 Å². The number of carbonyl (C=O) groups excluding carboxylic acids is 1. The van der Waals surface area contributed by atoms with Gasteiger partial charge in [-0.05, 0) is 68.4 Å². The number of hydrazone groups is 1. The van der Waals surface area contributed by atoms with Crippen LogP contribution >= 0.6 is 0 Å². The van der Waals surface area contributed by atoms with Crippen LogP contribution in [0.4, 0.5) is 4.39 Å². The highest BCUT2D eigenvalue weighted by molar-refractivity contribution is 5.97. The Morgan fingerprint density at radius 1 is 1.21 bits per heavy atom. The molecule has 2 aromatic heterocycles. The number of nitrogens with zero attached hydrogens (tertiary/aromatic N) is 3. The van der Waals surface area contributed by atoms with Gasteiger partial charge in [0.15, 0.2) is 0 Å². The second-order valence-corrected chi connectivity index (χ2v) is 6.51. The van der Waals surface area contributed by atoms with Crippen molar-refractivity contribution in [2.75, 3.05) is 0 Å². The Labute approximate surface area is 166 Å². The molecule has 0 radical (unpaired) electrons. The molecule has 0 aliphatic carbocycles. The molecule has 1 amide bonds. The van der Waals surface area contributed by atoms with Crippen molar-refractivity contribution in [3.05, 3.63) is 77.6 Å². The minimum absolute atomic E-state index is 0.306. The maximum Gasteiger partial charge on any atom is 0.271 e. The van der Waals surface area contributed by atoms with Crippen LogP contribution in [0.3, 0.4) is 0 Å². The summed E-state index contributed by atoms with van der Waals surface area (Å²) in [5, 5.41) is 3.95. The molecule has 0 atom stereocenters. The molecule has 146 valence electrons. The molecule has 29 heavy (non-hydrogen) atoms. The van der Waals surface area contributed by atoms with Crippen molar-refractivity contribution in [3.8, 4) is 11.3 Å². The van der Waals surface area contributed by atoms with Crippen LogP contribution in [-0.2, 0) is 6.54 Å². The van der Waals surface area contributed by atoms with E-state index in [0.717, 1.165) is 29.0 Å². The van der Waals surface area contributed by atoms with Crippen molar-refractivity contribution in [2.45, 2.75) is 20.4 Å². The number of amides is 1. The molecule has 2 heterocycles. The van der Waals surface area contributed by atoms with Gasteiger partial charge in [0.05, 0.1) is 17.2 Å². The van der Waals surface area contributed by atoms with Crippen molar-refractivity contribution >= 4 is 23.2 Å². The van der Waals surface area contributed by atoms with Crippen LogP contribution in [0.2, 0.25) is 0 Å². The van der Waals surface area contributed by atoms with Crippen molar-refractivity contribution in [1.82, 2.24) is 15.0 Å². The highest BCUT2D eigenvalue weighted by Crippen LogP contribution is 2.22. The van der Waals surface area contributed by atoms with E-state index in [1.807, 2.05) is 13.0 Å². The van der Waals surface area contributed by atoms with Crippen LogP contribution < -0.4 is 5.43 Å². The van der Waals surface area contributed by atoms with Gasteiger partial charge in [-0.25, -0.2) is 14.8 Å². The third kappa shape index (κ3) is 3.80. The Morgan fingerprint density at radius 3 is 2.76 bits per heavy atom. The minimum Gasteiger partial charge on any atom is -0.455 e. The molecule has 0 fully saturated rings. The second kappa shape index (κ2) is 7.71. The Hall–Kier alpha value is -3.74. The van der Waals surface area contributed by atoms with Crippen LogP contribution in [0.5, 0.6) is 0 Å². The summed E-state index contributed by atoms with van der Waals surface area (Å²) in [6, 6.07) is 14.9. The van der Waals surface area contributed by atoms with Crippen molar-refractivity contribution in [2.24, 2.45) is 5.10 Å². The minimum atomic E-state index is -0.336. The Kier molecular flexibility index (Phi) is 4.95. The molecule has 0 aliphatic heterocycles. The van der Waals surface area contributed by atoms with E-state index in [4.69, 9.17) is 4.42 Å². The Balaban J connectivity index is 1.45. The van der Waals surface area contributed by atoms with E-state index in [2.05, 4.69) is 27.0 Å². The third-order valence-corrected chi connectivity index (χ3v) is 4.63. The quantitative estimate of drug-likeness (QED) is 0.402. The lowest BCUT2D eigenvalue weighted by Gasteiger charge is -2.03. The van der Waals surface area contributed by atoms with Crippen molar-refractivity contribution in [3.63, 3.8) is 0 Å². The lowest BCUT2D eigenvalue weighted by molar-refractivity contribution is 0.0955. The van der Waals surface area contributed by atoms with E-state index in [9.17, 15) is 9.18 Å². The number of aryl methyl sites for hydroxylation is 2. The van der Waals surface area contributed by atoms with Gasteiger partial charge in [0.1, 0.15) is 23.2 Å². The van der Waals surface area contributed by atoms with Crippen LogP contribution in [0.1, 0.15) is 28.9 Å². The van der Waals surface area contributed by atoms with Crippen LogP contribution in [0.15, 0.2) is 64.1 Å². The zero-order chi connectivity index (χ0) is 20.4. The third-order valence-electron chi connectivity index (χ3n) is 4.63. The summed E-state index contributed by atoms with van der Waals surface area (Å²) in [6.07, 6.45) is 1.42. The fraction of sp³-hybridized carbons (Fsp3) is 0.136. The number of aromatic nitrogens is 2. The molecule has 0 saturated carbocycles. The van der Waals surface area contributed by atoms with Crippen LogP contribution in [0, 0.1) is 12.7 Å². The number of carbonyl (C=O) groups is 1. The van der Waals surface area contributed by atoms with Crippen LogP contribution in [-0.4, -0.2) is 21.7 Å². The second-order valence-electron chi connectivity index (χ2n) is 6.51. The van der Waals surface area contributed by atoms with Crippen molar-refractivity contribution in [1.29, 1.82) is 0 Å². The molecule has 0 unspecified atom stereocenters. The summed E-state index contributed by atoms with van der Waals surface area (Å²) < 4.78 is 20.8. The van der Waals surface area contributed by atoms with E-state index in [0.29, 0.717) is 17.1 Å². The normalized spacial score (nSPS) is 11.4. The fourth-order valence-corrected chi connectivity index (χ4v) is 3.20. The Morgan fingerprint density at radius 2 is 2.00 bits per heavy atom. The predicted molar refractivity (Wildman–Crippen MR) is 109 cm³/mol. The highest BCUT2D eigenvalue weighted by Gasteiger charge is 2.10. The maximum atomic E-state index is 13.0. The largest absolute Gasteiger partial charge is 0.455 e. The van der Waals surface area contributed by atoms with Gasteiger partial charge in [-0.1, -0.05) is 0 Å². The summed E-state index contributed by atoms with van der Waals surface area (Å²) in [6.45, 7) is 4.82. The van der Waals surface area contributed by atoms with E-state index in [-0.39, 0.29) is 11.7 Å². The number of halogens is 1. The average molecular weight is 390 g/mol. The lowest BCUT2D eigenvalue weighted by atomic mass is 10.2. The number of benzene rings is 2. The monoisotopic (exact) mass is 390 g/mol. The lowest BCUT2D eigenvalue weighted by Crippen LogP contribution is -2.17. The number of nitrogens with one attached hydrogen (secondary N) is 1. The molecule has 4 rings (SSSR count). The molecule has 0 saturated heterocycles. The van der Waals surface area contributed by atoms with E-state index >= 15 is 0 Å². The maximum absolute atomic E-state index is 13.0. The first-order valence-corrected chi connectivity index (χ1v) is 9.21. The van der Waals surface area contributed by atoms with Gasteiger partial charge >= 0.3 is 0 Å². The predicted octanol–water partition coefficient (Wildman–Crippen LogP) is 4.53. The van der Waals surface area contributed by atoms with Gasteiger partial charge in [0.25, 0.3) is 5.91 Å². The summed E-state index contributed by atoms with van der Waals surface area (Å²) >= 11 is 0. The van der Waals surface area contributed by atoms with E-state index in [1.165, 1.54) is 18.3 Å². The van der Waals surface area contributed by atoms with Crippen molar-refractivity contribution < 1.29 is 13.6 Å².